The maximum Gasteiger partial charge on any atom is 0.266 e. The second-order valence-corrected chi connectivity index (χ2v) is 7.18. The van der Waals surface area contributed by atoms with E-state index in [1.165, 1.54) is 11.3 Å². The summed E-state index contributed by atoms with van der Waals surface area (Å²) in [5.74, 6) is 0.809. The third-order valence-corrected chi connectivity index (χ3v) is 5.65. The smallest absolute Gasteiger partial charge is 0.266 e. The molecule has 3 rings (SSSR count). The number of amides is 1. The van der Waals surface area contributed by atoms with Crippen molar-refractivity contribution in [2.75, 3.05) is 33.4 Å². The number of para-hydroxylation sites is 1. The van der Waals surface area contributed by atoms with Crippen LogP contribution < -0.4 is 10.1 Å². The standard InChI is InChI=1S/C19H25N3O3S.2ClH/c1-4-25-13(2)18-21-12-17(26-18)19(23)22-10-9-20-11-15(22)14-7-5-6-8-16(14)24-3;;/h5-8,12-13,15,20H,4,9-11H2,1-3H3;2*1H. The van der Waals surface area contributed by atoms with Gasteiger partial charge in [-0.25, -0.2) is 4.98 Å². The number of methoxy groups -OCH3 is 1. The van der Waals surface area contributed by atoms with Crippen molar-refractivity contribution < 1.29 is 14.3 Å². The molecule has 0 spiro atoms. The Kier molecular flexibility index (Phi) is 10.2. The van der Waals surface area contributed by atoms with E-state index in [0.29, 0.717) is 24.6 Å². The Balaban J connectivity index is 0.00000196. The Hall–Kier alpha value is -1.38. The largest absolute Gasteiger partial charge is 0.496 e. The molecule has 0 radical (unpaired) electrons. The van der Waals surface area contributed by atoms with Crippen molar-refractivity contribution in [3.8, 4) is 5.75 Å². The first-order chi connectivity index (χ1) is 12.7. The molecule has 2 atom stereocenters. The van der Waals surface area contributed by atoms with Gasteiger partial charge in [-0.05, 0) is 19.9 Å². The van der Waals surface area contributed by atoms with Crippen LogP contribution in [0.2, 0.25) is 0 Å². The number of ether oxygens (including phenoxy) is 2. The lowest BCUT2D eigenvalue weighted by molar-refractivity contribution is 0.0636. The maximum atomic E-state index is 13.2. The second-order valence-electron chi connectivity index (χ2n) is 6.12. The molecule has 6 nitrogen and oxygen atoms in total. The number of aromatic nitrogens is 1. The zero-order valence-electron chi connectivity index (χ0n) is 16.2. The molecule has 0 aliphatic carbocycles. The summed E-state index contributed by atoms with van der Waals surface area (Å²) < 4.78 is 11.1. The van der Waals surface area contributed by atoms with Crippen LogP contribution in [0.3, 0.4) is 0 Å². The Morgan fingerprint density at radius 1 is 1.39 bits per heavy atom. The van der Waals surface area contributed by atoms with Crippen molar-refractivity contribution in [3.05, 3.63) is 45.9 Å². The van der Waals surface area contributed by atoms with E-state index in [2.05, 4.69) is 10.3 Å². The first-order valence-corrected chi connectivity index (χ1v) is 9.69. The topological polar surface area (TPSA) is 63.7 Å². The molecule has 1 amide bonds. The number of nitrogens with one attached hydrogen (secondary N) is 1. The lowest BCUT2D eigenvalue weighted by Crippen LogP contribution is -2.48. The van der Waals surface area contributed by atoms with Gasteiger partial charge in [-0.15, -0.1) is 36.2 Å². The first kappa shape index (κ1) is 24.7. The van der Waals surface area contributed by atoms with Crippen LogP contribution >= 0.6 is 36.2 Å². The average Bonchev–Trinajstić information content (AvgIpc) is 3.18. The molecule has 1 aliphatic heterocycles. The minimum absolute atomic E-state index is 0. The summed E-state index contributed by atoms with van der Waals surface area (Å²) in [7, 11) is 1.66. The van der Waals surface area contributed by atoms with Crippen LogP contribution in [0.1, 0.15) is 46.2 Å². The average molecular weight is 448 g/mol. The van der Waals surface area contributed by atoms with Gasteiger partial charge in [0.25, 0.3) is 5.91 Å². The quantitative estimate of drug-likeness (QED) is 0.727. The highest BCUT2D eigenvalue weighted by atomic mass is 35.5. The summed E-state index contributed by atoms with van der Waals surface area (Å²) in [4.78, 5) is 20.1. The summed E-state index contributed by atoms with van der Waals surface area (Å²) in [6.07, 6.45) is 1.57. The van der Waals surface area contributed by atoms with Crippen LogP contribution in [0.25, 0.3) is 0 Å². The molecule has 1 fully saturated rings. The van der Waals surface area contributed by atoms with Crippen molar-refractivity contribution >= 4 is 42.1 Å². The molecule has 1 aromatic heterocycles. The third-order valence-electron chi connectivity index (χ3n) is 4.50. The van der Waals surface area contributed by atoms with Crippen LogP contribution in [0.4, 0.5) is 0 Å². The number of rotatable bonds is 6. The van der Waals surface area contributed by atoms with Gasteiger partial charge in [0.05, 0.1) is 19.3 Å². The van der Waals surface area contributed by atoms with E-state index in [1.807, 2.05) is 43.0 Å². The summed E-state index contributed by atoms with van der Waals surface area (Å²) in [5.41, 5.74) is 1.02. The molecule has 1 N–H and O–H groups in total. The van der Waals surface area contributed by atoms with Crippen LogP contribution in [-0.4, -0.2) is 49.1 Å². The number of carbonyl (C=O) groups excluding carboxylic acids is 1. The van der Waals surface area contributed by atoms with Crippen LogP contribution in [0.15, 0.2) is 30.5 Å². The molecule has 2 heterocycles. The van der Waals surface area contributed by atoms with E-state index in [0.717, 1.165) is 22.9 Å². The number of nitrogens with zero attached hydrogens (tertiary/aromatic N) is 2. The van der Waals surface area contributed by atoms with Crippen molar-refractivity contribution in [1.82, 2.24) is 15.2 Å². The van der Waals surface area contributed by atoms with E-state index < -0.39 is 0 Å². The molecular weight excluding hydrogens is 421 g/mol. The summed E-state index contributed by atoms with van der Waals surface area (Å²) >= 11 is 1.41. The minimum atomic E-state index is -0.0976. The Labute approximate surface area is 182 Å². The van der Waals surface area contributed by atoms with E-state index in [4.69, 9.17) is 9.47 Å². The van der Waals surface area contributed by atoms with E-state index in [-0.39, 0.29) is 42.9 Å². The van der Waals surface area contributed by atoms with Crippen LogP contribution in [0, 0.1) is 0 Å². The summed E-state index contributed by atoms with van der Waals surface area (Å²) in [6, 6.07) is 7.80. The van der Waals surface area contributed by atoms with Gasteiger partial charge in [-0.2, -0.15) is 0 Å². The van der Waals surface area contributed by atoms with Crippen LogP contribution in [-0.2, 0) is 4.74 Å². The molecule has 1 aromatic carbocycles. The monoisotopic (exact) mass is 447 g/mol. The summed E-state index contributed by atoms with van der Waals surface area (Å²) in [5, 5.41) is 4.21. The van der Waals surface area contributed by atoms with E-state index in [1.54, 1.807) is 13.3 Å². The zero-order valence-corrected chi connectivity index (χ0v) is 18.7. The number of piperazine rings is 1. The molecule has 0 bridgehead atoms. The second kappa shape index (κ2) is 11.6. The highest BCUT2D eigenvalue weighted by molar-refractivity contribution is 7.13. The van der Waals surface area contributed by atoms with Gasteiger partial charge in [-0.3, -0.25) is 4.79 Å². The fourth-order valence-electron chi connectivity index (χ4n) is 3.20. The minimum Gasteiger partial charge on any atom is -0.496 e. The first-order valence-electron chi connectivity index (χ1n) is 8.87. The van der Waals surface area contributed by atoms with Crippen molar-refractivity contribution in [1.29, 1.82) is 0 Å². The molecule has 156 valence electrons. The predicted molar refractivity (Wildman–Crippen MR) is 116 cm³/mol. The van der Waals surface area contributed by atoms with Gasteiger partial charge in [0.1, 0.15) is 21.7 Å². The number of hydrogen-bond donors (Lipinski definition) is 1. The molecule has 1 aliphatic rings. The number of thiazole rings is 1. The highest BCUT2D eigenvalue weighted by Gasteiger charge is 2.31. The fourth-order valence-corrected chi connectivity index (χ4v) is 4.08. The van der Waals surface area contributed by atoms with Crippen molar-refractivity contribution in [2.45, 2.75) is 26.0 Å². The normalized spacial score (nSPS) is 17.2. The number of hydrogen-bond acceptors (Lipinski definition) is 6. The van der Waals surface area contributed by atoms with E-state index >= 15 is 0 Å². The Morgan fingerprint density at radius 2 is 2.14 bits per heavy atom. The molecule has 1 saturated heterocycles. The van der Waals surface area contributed by atoms with Gasteiger partial charge in [0.15, 0.2) is 0 Å². The predicted octanol–water partition coefficient (Wildman–Crippen LogP) is 3.88. The molecular formula is C19H27Cl2N3O3S. The van der Waals surface area contributed by atoms with Gasteiger partial charge >= 0.3 is 0 Å². The van der Waals surface area contributed by atoms with Gasteiger partial charge in [0.2, 0.25) is 0 Å². The summed E-state index contributed by atoms with van der Waals surface area (Å²) in [6.45, 7) is 6.66. The highest BCUT2D eigenvalue weighted by Crippen LogP contribution is 2.32. The van der Waals surface area contributed by atoms with Crippen molar-refractivity contribution in [3.63, 3.8) is 0 Å². The van der Waals surface area contributed by atoms with Crippen LogP contribution in [0.5, 0.6) is 5.75 Å². The number of halogens is 2. The van der Waals surface area contributed by atoms with Gasteiger partial charge < -0.3 is 19.7 Å². The number of benzene rings is 1. The zero-order chi connectivity index (χ0) is 18.5. The Bertz CT molecular complexity index is 760. The molecule has 28 heavy (non-hydrogen) atoms. The van der Waals surface area contributed by atoms with Gasteiger partial charge in [0, 0.05) is 31.8 Å². The van der Waals surface area contributed by atoms with E-state index in [9.17, 15) is 4.79 Å². The molecule has 0 saturated carbocycles. The SMILES string of the molecule is CCOC(C)c1ncc(C(=O)N2CCNCC2c2ccccc2OC)s1.Cl.Cl. The molecule has 2 unspecified atom stereocenters. The third kappa shape index (κ3) is 5.36. The number of carbonyl (C=O) groups is 1. The molecule has 2 aromatic rings. The molecule has 9 heteroatoms. The van der Waals surface area contributed by atoms with Gasteiger partial charge in [-0.1, -0.05) is 18.2 Å². The lowest BCUT2D eigenvalue weighted by atomic mass is 10.0. The maximum absolute atomic E-state index is 13.2. The lowest BCUT2D eigenvalue weighted by Gasteiger charge is -2.36. The Morgan fingerprint density at radius 3 is 2.86 bits per heavy atom. The fraction of sp³-hybridized carbons (Fsp3) is 0.474. The van der Waals surface area contributed by atoms with Crippen molar-refractivity contribution in [2.24, 2.45) is 0 Å².